The lowest BCUT2D eigenvalue weighted by Crippen LogP contribution is -2.23. The van der Waals surface area contributed by atoms with Crippen LogP contribution in [0.5, 0.6) is 11.5 Å². The van der Waals surface area contributed by atoms with Crippen LogP contribution in [0.4, 0.5) is 0 Å². The standard InChI is InChI=1S/C22H31ClN2O3/c1-3-27-21-14-19(15-25-9-5-8-24-10-11-26)13-20(23)22(21)28-16-18-7-4-6-17(2)12-18/h4,6-7,12-14,24-26H,3,5,8-11,15-16H2,1-2H3. The molecule has 5 nitrogen and oxygen atoms in total. The minimum Gasteiger partial charge on any atom is -0.490 e. The summed E-state index contributed by atoms with van der Waals surface area (Å²) < 4.78 is 11.8. The summed E-state index contributed by atoms with van der Waals surface area (Å²) in [5.41, 5.74) is 3.35. The summed E-state index contributed by atoms with van der Waals surface area (Å²) in [6, 6.07) is 12.1. The highest BCUT2D eigenvalue weighted by Gasteiger charge is 2.13. The summed E-state index contributed by atoms with van der Waals surface area (Å²) in [4.78, 5) is 0. The highest BCUT2D eigenvalue weighted by atomic mass is 35.5. The molecule has 2 aromatic rings. The van der Waals surface area contributed by atoms with Gasteiger partial charge in [0, 0.05) is 13.1 Å². The van der Waals surface area contributed by atoms with Gasteiger partial charge in [0.1, 0.15) is 6.61 Å². The monoisotopic (exact) mass is 406 g/mol. The molecule has 0 amide bonds. The van der Waals surface area contributed by atoms with Gasteiger partial charge >= 0.3 is 0 Å². The van der Waals surface area contributed by atoms with Gasteiger partial charge in [-0.05, 0) is 56.6 Å². The van der Waals surface area contributed by atoms with Crippen molar-refractivity contribution in [2.45, 2.75) is 33.4 Å². The number of halogens is 1. The van der Waals surface area contributed by atoms with Crippen molar-refractivity contribution in [1.82, 2.24) is 10.6 Å². The van der Waals surface area contributed by atoms with Gasteiger partial charge in [-0.2, -0.15) is 0 Å². The predicted octanol–water partition coefficient (Wildman–Crippen LogP) is 3.69. The van der Waals surface area contributed by atoms with Crippen LogP contribution in [0.15, 0.2) is 36.4 Å². The van der Waals surface area contributed by atoms with Crippen molar-refractivity contribution in [2.24, 2.45) is 0 Å². The Morgan fingerprint density at radius 2 is 1.82 bits per heavy atom. The summed E-state index contributed by atoms with van der Waals surface area (Å²) >= 11 is 6.50. The van der Waals surface area contributed by atoms with Gasteiger partial charge in [0.15, 0.2) is 11.5 Å². The molecule has 2 rings (SSSR count). The number of hydrogen-bond donors (Lipinski definition) is 3. The molecule has 0 aliphatic rings. The maximum absolute atomic E-state index is 8.74. The topological polar surface area (TPSA) is 62.8 Å². The lowest BCUT2D eigenvalue weighted by Gasteiger charge is -2.16. The molecule has 0 fully saturated rings. The number of aliphatic hydroxyl groups is 1. The van der Waals surface area contributed by atoms with Gasteiger partial charge < -0.3 is 25.2 Å². The molecule has 0 unspecified atom stereocenters. The van der Waals surface area contributed by atoms with Gasteiger partial charge in [-0.3, -0.25) is 0 Å². The zero-order valence-electron chi connectivity index (χ0n) is 16.8. The lowest BCUT2D eigenvalue weighted by molar-refractivity contribution is 0.269. The van der Waals surface area contributed by atoms with Crippen molar-refractivity contribution >= 4 is 11.6 Å². The van der Waals surface area contributed by atoms with Gasteiger partial charge in [0.05, 0.1) is 18.2 Å². The first-order valence-corrected chi connectivity index (χ1v) is 10.2. The Balaban J connectivity index is 1.94. The lowest BCUT2D eigenvalue weighted by atomic mass is 10.1. The Kier molecular flexibility index (Phi) is 10.1. The van der Waals surface area contributed by atoms with Crippen molar-refractivity contribution < 1.29 is 14.6 Å². The molecule has 2 aromatic carbocycles. The van der Waals surface area contributed by atoms with Crippen LogP contribution < -0.4 is 20.1 Å². The van der Waals surface area contributed by atoms with Crippen LogP contribution in [-0.4, -0.2) is 38.0 Å². The first kappa shape index (κ1) is 22.5. The summed E-state index contributed by atoms with van der Waals surface area (Å²) in [5, 5.41) is 15.9. The third-order valence-electron chi connectivity index (χ3n) is 4.16. The first-order chi connectivity index (χ1) is 13.6. The molecular weight excluding hydrogens is 376 g/mol. The SMILES string of the molecule is CCOc1cc(CNCCCNCCO)cc(Cl)c1OCc1cccc(C)c1. The second kappa shape index (κ2) is 12.6. The molecule has 0 atom stereocenters. The normalized spacial score (nSPS) is 10.9. The third kappa shape index (κ3) is 7.68. The van der Waals surface area contributed by atoms with Crippen molar-refractivity contribution in [1.29, 1.82) is 0 Å². The zero-order chi connectivity index (χ0) is 20.2. The number of aryl methyl sites for hydroxylation is 1. The molecule has 0 saturated carbocycles. The van der Waals surface area contributed by atoms with E-state index in [4.69, 9.17) is 26.2 Å². The Labute approximate surface area is 173 Å². The molecule has 0 heterocycles. The Morgan fingerprint density at radius 3 is 2.57 bits per heavy atom. The summed E-state index contributed by atoms with van der Waals surface area (Å²) in [6.07, 6.45) is 0.990. The summed E-state index contributed by atoms with van der Waals surface area (Å²) in [6.45, 7) is 8.27. The summed E-state index contributed by atoms with van der Waals surface area (Å²) in [5.74, 6) is 1.26. The zero-order valence-corrected chi connectivity index (χ0v) is 17.5. The van der Waals surface area contributed by atoms with E-state index < -0.39 is 0 Å². The van der Waals surface area contributed by atoms with Crippen LogP contribution in [0.1, 0.15) is 30.0 Å². The fraction of sp³-hybridized carbons (Fsp3) is 0.455. The number of rotatable bonds is 13. The number of hydrogen-bond acceptors (Lipinski definition) is 5. The van der Waals surface area contributed by atoms with Gasteiger partial charge in [0.25, 0.3) is 0 Å². The maximum atomic E-state index is 8.74. The third-order valence-corrected chi connectivity index (χ3v) is 4.44. The van der Waals surface area contributed by atoms with Crippen LogP contribution in [0.25, 0.3) is 0 Å². The fourth-order valence-corrected chi connectivity index (χ4v) is 3.15. The van der Waals surface area contributed by atoms with Crippen molar-refractivity contribution in [3.63, 3.8) is 0 Å². The number of nitrogens with one attached hydrogen (secondary N) is 2. The van der Waals surface area contributed by atoms with Crippen LogP contribution in [0, 0.1) is 6.92 Å². The molecule has 3 N–H and O–H groups in total. The second-order valence-corrected chi connectivity index (χ2v) is 7.03. The van der Waals surface area contributed by atoms with Crippen molar-refractivity contribution in [3.8, 4) is 11.5 Å². The molecule has 0 radical (unpaired) electrons. The smallest absolute Gasteiger partial charge is 0.180 e. The van der Waals surface area contributed by atoms with Gasteiger partial charge in [0.2, 0.25) is 0 Å². The Bertz CT molecular complexity index is 725. The van der Waals surface area contributed by atoms with Gasteiger partial charge in [-0.15, -0.1) is 0 Å². The molecule has 0 aromatic heterocycles. The Morgan fingerprint density at radius 1 is 1.00 bits per heavy atom. The number of benzene rings is 2. The van der Waals surface area contributed by atoms with E-state index in [2.05, 4.69) is 29.7 Å². The van der Waals surface area contributed by atoms with E-state index in [1.54, 1.807) is 0 Å². The van der Waals surface area contributed by atoms with Gasteiger partial charge in [-0.1, -0.05) is 41.4 Å². The van der Waals surface area contributed by atoms with E-state index in [9.17, 15) is 0 Å². The van der Waals surface area contributed by atoms with E-state index in [1.165, 1.54) is 5.56 Å². The summed E-state index contributed by atoms with van der Waals surface area (Å²) in [7, 11) is 0. The molecule has 0 aliphatic heterocycles. The highest BCUT2D eigenvalue weighted by Crippen LogP contribution is 2.37. The van der Waals surface area contributed by atoms with Crippen LogP contribution in [-0.2, 0) is 13.2 Å². The minimum absolute atomic E-state index is 0.171. The van der Waals surface area contributed by atoms with E-state index >= 15 is 0 Å². The molecule has 6 heteroatoms. The molecular formula is C22H31ClN2O3. The predicted molar refractivity (Wildman–Crippen MR) is 114 cm³/mol. The van der Waals surface area contributed by atoms with E-state index in [-0.39, 0.29) is 6.61 Å². The molecule has 0 saturated heterocycles. The molecule has 28 heavy (non-hydrogen) atoms. The second-order valence-electron chi connectivity index (χ2n) is 6.62. The number of aliphatic hydroxyl groups excluding tert-OH is 1. The highest BCUT2D eigenvalue weighted by molar-refractivity contribution is 6.32. The molecule has 154 valence electrons. The largest absolute Gasteiger partial charge is 0.490 e. The average molecular weight is 407 g/mol. The Hall–Kier alpha value is -1.79. The molecule has 0 spiro atoms. The minimum atomic E-state index is 0.171. The van der Waals surface area contributed by atoms with Crippen LogP contribution in [0.3, 0.4) is 0 Å². The average Bonchev–Trinajstić information content (AvgIpc) is 2.67. The number of ether oxygens (including phenoxy) is 2. The quantitative estimate of drug-likeness (QED) is 0.443. The molecule has 0 bridgehead atoms. The van der Waals surface area contributed by atoms with Crippen molar-refractivity contribution in [2.75, 3.05) is 32.8 Å². The molecule has 0 aliphatic carbocycles. The fourth-order valence-electron chi connectivity index (χ4n) is 2.86. The van der Waals surface area contributed by atoms with E-state index in [1.807, 2.05) is 31.2 Å². The van der Waals surface area contributed by atoms with Crippen LogP contribution in [0.2, 0.25) is 5.02 Å². The van der Waals surface area contributed by atoms with E-state index in [0.29, 0.717) is 42.8 Å². The van der Waals surface area contributed by atoms with E-state index in [0.717, 1.165) is 30.6 Å². The van der Waals surface area contributed by atoms with Crippen molar-refractivity contribution in [3.05, 3.63) is 58.1 Å². The van der Waals surface area contributed by atoms with Crippen LogP contribution >= 0.6 is 11.6 Å². The van der Waals surface area contributed by atoms with Gasteiger partial charge in [-0.25, -0.2) is 0 Å². The maximum Gasteiger partial charge on any atom is 0.180 e. The first-order valence-electron chi connectivity index (χ1n) is 9.80.